The Morgan fingerprint density at radius 1 is 1.36 bits per heavy atom. The fourth-order valence-corrected chi connectivity index (χ4v) is 3.48. The lowest BCUT2D eigenvalue weighted by atomic mass is 9.98. The Balaban J connectivity index is 1.73. The molecule has 7 heteroatoms. The molecule has 126 valence electrons. The molecule has 1 amide bonds. The number of hydrazone groups is 1. The molecule has 0 aliphatic carbocycles. The lowest BCUT2D eigenvalue weighted by Crippen LogP contribution is -2.24. The van der Waals surface area contributed by atoms with E-state index in [1.54, 1.807) is 0 Å². The van der Waals surface area contributed by atoms with Crippen LogP contribution in [0.2, 0.25) is 5.02 Å². The van der Waals surface area contributed by atoms with Gasteiger partial charge in [-0.05, 0) is 48.1 Å². The predicted molar refractivity (Wildman–Crippen MR) is 99.3 cm³/mol. The number of aromatic amines is 1. The predicted octanol–water partition coefficient (Wildman–Crippen LogP) is 4.84. The maximum Gasteiger partial charge on any atom is 0.266 e. The molecule has 0 saturated heterocycles. The molecule has 1 unspecified atom stereocenters. The number of benzene rings is 2. The summed E-state index contributed by atoms with van der Waals surface area (Å²) < 4.78 is 5.39. The third-order valence-corrected chi connectivity index (χ3v) is 4.64. The van der Waals surface area contributed by atoms with Gasteiger partial charge in [0.15, 0.2) is 5.58 Å². The van der Waals surface area contributed by atoms with Crippen LogP contribution in [0.1, 0.15) is 30.5 Å². The maximum atomic E-state index is 12.1. The summed E-state index contributed by atoms with van der Waals surface area (Å²) >= 11 is 11.1. The largest absolute Gasteiger partial charge is 0.429 e. The fourth-order valence-electron chi connectivity index (χ4n) is 3.08. The molecular formula is C18H14ClN3O2S. The average Bonchev–Trinajstić information content (AvgIpc) is 3.16. The zero-order valence-electron chi connectivity index (χ0n) is 13.3. The molecule has 0 saturated carbocycles. The Morgan fingerprint density at radius 3 is 2.96 bits per heavy atom. The number of rotatable bonds is 2. The van der Waals surface area contributed by atoms with Gasteiger partial charge in [0.2, 0.25) is 5.91 Å². The van der Waals surface area contributed by atoms with Crippen LogP contribution in [-0.2, 0) is 4.79 Å². The lowest BCUT2D eigenvalue weighted by molar-refractivity contribution is -0.130. The standard InChI is InChI=1S/C18H14ClN3O2S/c1-10(23)22-16(12-3-2-4-13(19)7-12)9-14(21-22)11-5-6-17-15(8-11)20-18(25)24-17/h2-8,16H,9H2,1H3,(H,20,25). The summed E-state index contributed by atoms with van der Waals surface area (Å²) in [4.78, 5) is 15.4. The van der Waals surface area contributed by atoms with Gasteiger partial charge in [0.25, 0.3) is 4.84 Å². The number of fused-ring (bicyclic) bond motifs is 1. The normalized spacial score (nSPS) is 17.1. The number of nitrogens with zero attached hydrogens (tertiary/aromatic N) is 2. The van der Waals surface area contributed by atoms with Crippen LogP contribution in [0.3, 0.4) is 0 Å². The van der Waals surface area contributed by atoms with Crippen molar-refractivity contribution in [2.24, 2.45) is 5.10 Å². The number of carbonyl (C=O) groups excluding carboxylic acids is 1. The van der Waals surface area contributed by atoms with Gasteiger partial charge in [0, 0.05) is 23.9 Å². The molecule has 1 aliphatic heterocycles. The van der Waals surface area contributed by atoms with Gasteiger partial charge in [0.1, 0.15) is 0 Å². The van der Waals surface area contributed by atoms with E-state index in [1.807, 2.05) is 42.5 Å². The molecule has 1 atom stereocenters. The number of hydrogen-bond acceptors (Lipinski definition) is 4. The number of amides is 1. The zero-order valence-corrected chi connectivity index (χ0v) is 14.9. The molecule has 2 aromatic carbocycles. The van der Waals surface area contributed by atoms with Crippen LogP contribution in [0.5, 0.6) is 0 Å². The van der Waals surface area contributed by atoms with E-state index in [0.717, 1.165) is 22.4 Å². The van der Waals surface area contributed by atoms with E-state index in [1.165, 1.54) is 11.9 Å². The second kappa shape index (κ2) is 6.13. The fraction of sp³-hybridized carbons (Fsp3) is 0.167. The van der Waals surface area contributed by atoms with Crippen molar-refractivity contribution in [3.05, 3.63) is 63.5 Å². The highest BCUT2D eigenvalue weighted by Crippen LogP contribution is 2.34. The summed E-state index contributed by atoms with van der Waals surface area (Å²) in [5.74, 6) is -0.108. The topological polar surface area (TPSA) is 61.6 Å². The van der Waals surface area contributed by atoms with Gasteiger partial charge >= 0.3 is 0 Å². The number of carbonyl (C=O) groups is 1. The van der Waals surface area contributed by atoms with Gasteiger partial charge < -0.3 is 9.40 Å². The minimum absolute atomic E-state index is 0.108. The van der Waals surface area contributed by atoms with Crippen LogP contribution in [0.4, 0.5) is 0 Å². The molecule has 5 nitrogen and oxygen atoms in total. The minimum Gasteiger partial charge on any atom is -0.429 e. The SMILES string of the molecule is CC(=O)N1N=C(c2ccc3oc(=S)[nH]c3c2)CC1c1cccc(Cl)c1. The van der Waals surface area contributed by atoms with Crippen LogP contribution >= 0.6 is 23.8 Å². The third kappa shape index (κ3) is 2.99. The van der Waals surface area contributed by atoms with E-state index in [0.29, 0.717) is 21.9 Å². The molecule has 0 radical (unpaired) electrons. The van der Waals surface area contributed by atoms with E-state index in [2.05, 4.69) is 10.1 Å². The first-order valence-corrected chi connectivity index (χ1v) is 8.56. The molecule has 0 spiro atoms. The van der Waals surface area contributed by atoms with Crippen molar-refractivity contribution in [1.82, 2.24) is 9.99 Å². The van der Waals surface area contributed by atoms with Crippen LogP contribution in [0.25, 0.3) is 11.1 Å². The summed E-state index contributed by atoms with van der Waals surface area (Å²) in [6, 6.07) is 13.1. The van der Waals surface area contributed by atoms with Crippen molar-refractivity contribution < 1.29 is 9.21 Å². The van der Waals surface area contributed by atoms with Gasteiger partial charge in [0.05, 0.1) is 17.3 Å². The van der Waals surface area contributed by atoms with Gasteiger partial charge in [-0.25, -0.2) is 5.01 Å². The number of halogens is 1. The van der Waals surface area contributed by atoms with Crippen molar-refractivity contribution in [3.63, 3.8) is 0 Å². The second-order valence-corrected chi connectivity index (χ2v) is 6.72. The minimum atomic E-state index is -0.162. The molecule has 2 heterocycles. The van der Waals surface area contributed by atoms with Gasteiger partial charge in [-0.1, -0.05) is 23.7 Å². The van der Waals surface area contributed by atoms with E-state index < -0.39 is 0 Å². The molecule has 25 heavy (non-hydrogen) atoms. The molecule has 1 N–H and O–H groups in total. The molecule has 1 aliphatic rings. The maximum absolute atomic E-state index is 12.1. The Labute approximate surface area is 153 Å². The first-order valence-electron chi connectivity index (χ1n) is 7.77. The van der Waals surface area contributed by atoms with Crippen molar-refractivity contribution in [2.45, 2.75) is 19.4 Å². The Kier molecular flexibility index (Phi) is 3.94. The van der Waals surface area contributed by atoms with Crippen molar-refractivity contribution in [2.75, 3.05) is 0 Å². The molecule has 0 fully saturated rings. The second-order valence-electron chi connectivity index (χ2n) is 5.91. The Hall–Kier alpha value is -2.44. The average molecular weight is 372 g/mol. The van der Waals surface area contributed by atoms with E-state index in [4.69, 9.17) is 28.2 Å². The van der Waals surface area contributed by atoms with Crippen molar-refractivity contribution in [1.29, 1.82) is 0 Å². The van der Waals surface area contributed by atoms with E-state index in [-0.39, 0.29) is 11.9 Å². The van der Waals surface area contributed by atoms with E-state index >= 15 is 0 Å². The van der Waals surface area contributed by atoms with Gasteiger partial charge in [-0.2, -0.15) is 5.10 Å². The molecule has 3 aromatic rings. The smallest absolute Gasteiger partial charge is 0.266 e. The molecule has 0 bridgehead atoms. The quantitative estimate of drug-likeness (QED) is 0.655. The number of H-pyrrole nitrogens is 1. The van der Waals surface area contributed by atoms with Crippen LogP contribution < -0.4 is 0 Å². The van der Waals surface area contributed by atoms with Crippen molar-refractivity contribution >= 4 is 46.5 Å². The van der Waals surface area contributed by atoms with Crippen molar-refractivity contribution in [3.8, 4) is 0 Å². The first-order chi connectivity index (χ1) is 12.0. The summed E-state index contributed by atoms with van der Waals surface area (Å²) in [5, 5.41) is 6.70. The molecule has 4 rings (SSSR count). The lowest BCUT2D eigenvalue weighted by Gasteiger charge is -2.20. The van der Waals surface area contributed by atoms with Gasteiger partial charge in [-0.3, -0.25) is 4.79 Å². The summed E-state index contributed by atoms with van der Waals surface area (Å²) in [6.07, 6.45) is 0.615. The molecular weight excluding hydrogens is 358 g/mol. The van der Waals surface area contributed by atoms with Crippen LogP contribution in [-0.4, -0.2) is 21.6 Å². The van der Waals surface area contributed by atoms with E-state index in [9.17, 15) is 4.79 Å². The van der Waals surface area contributed by atoms with Crippen LogP contribution in [0, 0.1) is 4.84 Å². The number of nitrogens with one attached hydrogen (secondary N) is 1. The van der Waals surface area contributed by atoms with Gasteiger partial charge in [-0.15, -0.1) is 0 Å². The first kappa shape index (κ1) is 16.1. The highest BCUT2D eigenvalue weighted by molar-refractivity contribution is 7.71. The summed E-state index contributed by atoms with van der Waals surface area (Å²) in [6.45, 7) is 1.51. The number of aromatic nitrogens is 1. The zero-order chi connectivity index (χ0) is 17.6. The Bertz CT molecular complexity index is 1070. The summed E-state index contributed by atoms with van der Waals surface area (Å²) in [7, 11) is 0. The highest BCUT2D eigenvalue weighted by Gasteiger charge is 2.31. The van der Waals surface area contributed by atoms with Crippen LogP contribution in [0.15, 0.2) is 52.0 Å². The Morgan fingerprint density at radius 2 is 2.20 bits per heavy atom. The molecule has 1 aromatic heterocycles. The number of hydrogen-bond donors (Lipinski definition) is 1. The highest BCUT2D eigenvalue weighted by atomic mass is 35.5. The number of oxazole rings is 1. The monoisotopic (exact) mass is 371 g/mol. The summed E-state index contributed by atoms with van der Waals surface area (Å²) in [5.41, 5.74) is 4.23. The third-order valence-electron chi connectivity index (χ3n) is 4.22.